The summed E-state index contributed by atoms with van der Waals surface area (Å²) in [5.41, 5.74) is 0. The second-order valence-corrected chi connectivity index (χ2v) is 5.55. The molecule has 1 aliphatic carbocycles. The quantitative estimate of drug-likeness (QED) is 0.824. The molecule has 0 bridgehead atoms. The Balaban J connectivity index is 2.11. The van der Waals surface area contributed by atoms with E-state index in [1.54, 1.807) is 0 Å². The molecule has 100 valence electrons. The number of aliphatic carboxylic acids is 1. The monoisotopic (exact) mass is 270 g/mol. The van der Waals surface area contributed by atoms with Crippen molar-refractivity contribution in [3.05, 3.63) is 0 Å². The minimum absolute atomic E-state index is 0.00385. The lowest BCUT2D eigenvalue weighted by Gasteiger charge is -2.30. The van der Waals surface area contributed by atoms with E-state index in [1.807, 2.05) is 4.68 Å². The van der Waals surface area contributed by atoms with Crippen molar-refractivity contribution in [2.75, 3.05) is 5.75 Å². The summed E-state index contributed by atoms with van der Waals surface area (Å²) in [5, 5.41) is 21.0. The van der Waals surface area contributed by atoms with Crippen LogP contribution in [0, 0.1) is 5.92 Å². The van der Waals surface area contributed by atoms with Crippen LogP contribution in [0.1, 0.15) is 45.1 Å². The molecule has 1 heterocycles. The highest BCUT2D eigenvalue weighted by Crippen LogP contribution is 2.36. The summed E-state index contributed by atoms with van der Waals surface area (Å²) >= 11 is 1.20. The Hall–Kier alpha value is -1.11. The molecule has 6 nitrogen and oxygen atoms in total. The highest BCUT2D eigenvalue weighted by molar-refractivity contribution is 7.99. The first kappa shape index (κ1) is 13.3. The number of hydrogen-bond acceptors (Lipinski definition) is 5. The molecule has 0 radical (unpaired) electrons. The third-order valence-corrected chi connectivity index (χ3v) is 4.41. The number of hydrogen-bond donors (Lipinski definition) is 1. The summed E-state index contributed by atoms with van der Waals surface area (Å²) in [6.45, 7) is 2.19. The first-order chi connectivity index (χ1) is 8.72. The Kier molecular flexibility index (Phi) is 4.57. The maximum Gasteiger partial charge on any atom is 0.313 e. The van der Waals surface area contributed by atoms with E-state index in [1.165, 1.54) is 31.0 Å². The number of aromatic nitrogens is 4. The third kappa shape index (κ3) is 3.01. The lowest BCUT2D eigenvalue weighted by atomic mass is 9.83. The molecule has 1 aromatic heterocycles. The predicted octanol–water partition coefficient (Wildman–Crippen LogP) is 1.99. The summed E-state index contributed by atoms with van der Waals surface area (Å²) in [4.78, 5) is 10.6. The van der Waals surface area contributed by atoms with Gasteiger partial charge in [-0.05, 0) is 29.2 Å². The van der Waals surface area contributed by atoms with Crippen molar-refractivity contribution in [1.29, 1.82) is 0 Å². The van der Waals surface area contributed by atoms with E-state index in [0.29, 0.717) is 17.1 Å². The van der Waals surface area contributed by atoms with Crippen molar-refractivity contribution in [3.8, 4) is 0 Å². The fourth-order valence-electron chi connectivity index (χ4n) is 2.60. The van der Waals surface area contributed by atoms with Gasteiger partial charge in [0.05, 0.1) is 11.8 Å². The Morgan fingerprint density at radius 3 is 3.00 bits per heavy atom. The van der Waals surface area contributed by atoms with Crippen LogP contribution < -0.4 is 0 Å². The largest absolute Gasteiger partial charge is 0.481 e. The van der Waals surface area contributed by atoms with E-state index >= 15 is 0 Å². The van der Waals surface area contributed by atoms with Gasteiger partial charge in [0.2, 0.25) is 5.16 Å². The summed E-state index contributed by atoms with van der Waals surface area (Å²) in [7, 11) is 0. The third-order valence-electron chi connectivity index (χ3n) is 3.49. The van der Waals surface area contributed by atoms with Gasteiger partial charge in [-0.1, -0.05) is 37.9 Å². The average molecular weight is 270 g/mol. The molecule has 1 saturated carbocycles. The molecular formula is C11H18N4O2S. The van der Waals surface area contributed by atoms with Crippen molar-refractivity contribution in [2.45, 2.75) is 50.2 Å². The number of carbonyl (C=O) groups is 1. The Morgan fingerprint density at radius 2 is 2.28 bits per heavy atom. The van der Waals surface area contributed by atoms with Gasteiger partial charge in [-0.3, -0.25) is 4.79 Å². The number of nitrogens with zero attached hydrogens (tertiary/aromatic N) is 4. The molecule has 1 N–H and O–H groups in total. The predicted molar refractivity (Wildman–Crippen MR) is 67.5 cm³/mol. The first-order valence-corrected chi connectivity index (χ1v) is 7.33. The van der Waals surface area contributed by atoms with Crippen LogP contribution in [0.25, 0.3) is 0 Å². The van der Waals surface area contributed by atoms with Crippen LogP contribution in [-0.4, -0.2) is 37.0 Å². The highest BCUT2D eigenvalue weighted by atomic mass is 32.2. The smallest absolute Gasteiger partial charge is 0.313 e. The van der Waals surface area contributed by atoms with Crippen LogP contribution in [0.3, 0.4) is 0 Å². The van der Waals surface area contributed by atoms with E-state index in [2.05, 4.69) is 22.4 Å². The maximum atomic E-state index is 10.6. The molecule has 0 aliphatic heterocycles. The van der Waals surface area contributed by atoms with Crippen molar-refractivity contribution in [1.82, 2.24) is 20.2 Å². The lowest BCUT2D eigenvalue weighted by Crippen LogP contribution is -2.24. The normalized spacial score (nSPS) is 24.1. The van der Waals surface area contributed by atoms with Crippen LogP contribution in [0.4, 0.5) is 0 Å². The van der Waals surface area contributed by atoms with Crippen LogP contribution >= 0.6 is 11.8 Å². The van der Waals surface area contributed by atoms with E-state index < -0.39 is 5.97 Å². The number of carboxylic acids is 1. The zero-order valence-corrected chi connectivity index (χ0v) is 11.3. The number of rotatable bonds is 5. The van der Waals surface area contributed by atoms with Gasteiger partial charge in [0.1, 0.15) is 0 Å². The molecule has 1 aromatic rings. The van der Waals surface area contributed by atoms with Gasteiger partial charge in [-0.2, -0.15) is 0 Å². The van der Waals surface area contributed by atoms with Crippen molar-refractivity contribution >= 4 is 17.7 Å². The molecule has 0 aromatic carbocycles. The van der Waals surface area contributed by atoms with Crippen molar-refractivity contribution in [3.63, 3.8) is 0 Å². The second-order valence-electron chi connectivity index (χ2n) is 4.61. The van der Waals surface area contributed by atoms with Gasteiger partial charge in [0.25, 0.3) is 0 Å². The van der Waals surface area contributed by atoms with E-state index in [-0.39, 0.29) is 5.75 Å². The van der Waals surface area contributed by atoms with Gasteiger partial charge in [0, 0.05) is 0 Å². The van der Waals surface area contributed by atoms with Gasteiger partial charge in [-0.25, -0.2) is 4.68 Å². The molecular weight excluding hydrogens is 252 g/mol. The van der Waals surface area contributed by atoms with Crippen molar-refractivity contribution in [2.24, 2.45) is 5.92 Å². The van der Waals surface area contributed by atoms with Crippen LogP contribution in [0.15, 0.2) is 5.16 Å². The highest BCUT2D eigenvalue weighted by Gasteiger charge is 2.28. The summed E-state index contributed by atoms with van der Waals surface area (Å²) in [5.74, 6) is -0.235. The molecule has 0 amide bonds. The Labute approximate surface area is 110 Å². The van der Waals surface area contributed by atoms with E-state index in [4.69, 9.17) is 5.11 Å². The molecule has 18 heavy (non-hydrogen) atoms. The van der Waals surface area contributed by atoms with Gasteiger partial charge < -0.3 is 5.11 Å². The molecule has 0 spiro atoms. The number of carboxylic acid groups (broad SMARTS) is 1. The number of tetrazole rings is 1. The van der Waals surface area contributed by atoms with E-state index in [9.17, 15) is 4.79 Å². The molecule has 7 heteroatoms. The molecule has 0 saturated heterocycles. The SMILES string of the molecule is CCC1CCCCC1n1nnnc1SCC(=O)O. The second kappa shape index (κ2) is 6.17. The minimum Gasteiger partial charge on any atom is -0.481 e. The fourth-order valence-corrected chi connectivity index (χ4v) is 3.25. The lowest BCUT2D eigenvalue weighted by molar-refractivity contribution is -0.133. The average Bonchev–Trinajstić information content (AvgIpc) is 2.84. The van der Waals surface area contributed by atoms with Gasteiger partial charge >= 0.3 is 5.97 Å². The van der Waals surface area contributed by atoms with Crippen molar-refractivity contribution < 1.29 is 9.90 Å². The standard InChI is InChI=1S/C11H18N4O2S/c1-2-8-5-3-4-6-9(8)15-11(12-13-14-15)18-7-10(16)17/h8-9H,2-7H2,1H3,(H,16,17). The van der Waals surface area contributed by atoms with Crippen LogP contribution in [0.5, 0.6) is 0 Å². The Bertz CT molecular complexity index is 410. The summed E-state index contributed by atoms with van der Waals surface area (Å²) < 4.78 is 1.83. The zero-order chi connectivity index (χ0) is 13.0. The maximum absolute atomic E-state index is 10.6. The topological polar surface area (TPSA) is 80.9 Å². The number of thioether (sulfide) groups is 1. The zero-order valence-electron chi connectivity index (χ0n) is 10.4. The molecule has 2 atom stereocenters. The van der Waals surface area contributed by atoms with E-state index in [0.717, 1.165) is 12.8 Å². The molecule has 1 fully saturated rings. The molecule has 2 unspecified atom stereocenters. The molecule has 2 rings (SSSR count). The summed E-state index contributed by atoms with van der Waals surface area (Å²) in [6.07, 6.45) is 5.89. The Morgan fingerprint density at radius 1 is 1.50 bits per heavy atom. The van der Waals surface area contributed by atoms with Gasteiger partial charge in [-0.15, -0.1) is 5.10 Å². The summed E-state index contributed by atoms with van der Waals surface area (Å²) in [6, 6.07) is 0.329. The minimum atomic E-state index is -0.842. The molecule has 1 aliphatic rings. The first-order valence-electron chi connectivity index (χ1n) is 6.34. The van der Waals surface area contributed by atoms with Gasteiger partial charge in [0.15, 0.2) is 0 Å². The van der Waals surface area contributed by atoms with Crippen LogP contribution in [-0.2, 0) is 4.79 Å². The van der Waals surface area contributed by atoms with Crippen LogP contribution in [0.2, 0.25) is 0 Å². The fraction of sp³-hybridized carbons (Fsp3) is 0.818.